The normalized spacial score (nSPS) is 29.9. The molecule has 5 heteroatoms. The predicted octanol–water partition coefficient (Wildman–Crippen LogP) is 3.35. The van der Waals surface area contributed by atoms with Crippen molar-refractivity contribution >= 4 is 0 Å². The van der Waals surface area contributed by atoms with Crippen LogP contribution < -0.4 is 0 Å². The van der Waals surface area contributed by atoms with Gasteiger partial charge in [-0.2, -0.15) is 13.2 Å². The molecule has 0 bridgehead atoms. The van der Waals surface area contributed by atoms with Crippen LogP contribution in [0.25, 0.3) is 0 Å². The van der Waals surface area contributed by atoms with Crippen molar-refractivity contribution in [2.75, 3.05) is 7.11 Å². The average molecular weight is 274 g/mol. The van der Waals surface area contributed by atoms with Gasteiger partial charge in [0.15, 0.2) is 5.60 Å². The van der Waals surface area contributed by atoms with Crippen molar-refractivity contribution in [1.29, 1.82) is 0 Å². The molecule has 2 nitrogen and oxygen atoms in total. The number of aliphatic hydroxyl groups is 1. The lowest BCUT2D eigenvalue weighted by Gasteiger charge is -2.47. The second kappa shape index (κ2) is 4.21. The number of hydrogen-bond acceptors (Lipinski definition) is 2. The van der Waals surface area contributed by atoms with Crippen LogP contribution in [0.1, 0.15) is 37.5 Å². The van der Waals surface area contributed by atoms with Crippen molar-refractivity contribution in [2.45, 2.75) is 43.6 Å². The van der Waals surface area contributed by atoms with Crippen LogP contribution in [0, 0.1) is 0 Å². The molecule has 1 aliphatic carbocycles. The second-order valence-electron chi connectivity index (χ2n) is 5.69. The average Bonchev–Trinajstić information content (AvgIpc) is 2.27. The predicted molar refractivity (Wildman–Crippen MR) is 64.8 cm³/mol. The molecule has 0 amide bonds. The minimum absolute atomic E-state index is 0.404. The van der Waals surface area contributed by atoms with Gasteiger partial charge in [0.25, 0.3) is 0 Å². The van der Waals surface area contributed by atoms with Crippen LogP contribution in [0.3, 0.4) is 0 Å². The summed E-state index contributed by atoms with van der Waals surface area (Å²) in [6.07, 6.45) is -6.55. The first-order chi connectivity index (χ1) is 8.63. The van der Waals surface area contributed by atoms with E-state index in [4.69, 9.17) is 4.74 Å². The van der Waals surface area contributed by atoms with Gasteiger partial charge in [-0.15, -0.1) is 0 Å². The summed E-state index contributed by atoms with van der Waals surface area (Å²) in [5, 5.41) is 10.2. The fourth-order valence-electron chi connectivity index (χ4n) is 3.03. The highest BCUT2D eigenvalue weighted by molar-refractivity contribution is 5.40. The zero-order chi connectivity index (χ0) is 14.5. The maximum Gasteiger partial charge on any atom is 0.420 e. The van der Waals surface area contributed by atoms with Crippen molar-refractivity contribution < 1.29 is 23.0 Å². The Hall–Kier alpha value is -1.07. The van der Waals surface area contributed by atoms with E-state index in [0.717, 1.165) is 5.56 Å². The van der Waals surface area contributed by atoms with E-state index in [1.807, 2.05) is 0 Å². The van der Waals surface area contributed by atoms with E-state index in [1.165, 1.54) is 7.11 Å². The molecule has 1 aromatic carbocycles. The zero-order valence-electron chi connectivity index (χ0n) is 11.1. The lowest BCUT2D eigenvalue weighted by molar-refractivity contribution is -0.305. The molecule has 106 valence electrons. The molecule has 2 rings (SSSR count). The SMILES string of the molecule is COC1c2ccccc2C(C)(C)CC1(O)C(F)(F)F. The first kappa shape index (κ1) is 14.3. The molecule has 1 aromatic rings. The fourth-order valence-corrected chi connectivity index (χ4v) is 3.03. The molecule has 19 heavy (non-hydrogen) atoms. The van der Waals surface area contributed by atoms with Gasteiger partial charge in [-0.1, -0.05) is 38.1 Å². The summed E-state index contributed by atoms with van der Waals surface area (Å²) < 4.78 is 44.8. The molecule has 0 fully saturated rings. The number of ether oxygens (including phenoxy) is 1. The smallest absolute Gasteiger partial charge is 0.378 e. The van der Waals surface area contributed by atoms with Crippen molar-refractivity contribution in [3.63, 3.8) is 0 Å². The fraction of sp³-hybridized carbons (Fsp3) is 0.571. The van der Waals surface area contributed by atoms with Gasteiger partial charge in [0.2, 0.25) is 0 Å². The van der Waals surface area contributed by atoms with Crippen molar-refractivity contribution in [2.24, 2.45) is 0 Å². The summed E-state index contributed by atoms with van der Waals surface area (Å²) in [5.74, 6) is 0. The van der Waals surface area contributed by atoms with E-state index in [1.54, 1.807) is 38.1 Å². The van der Waals surface area contributed by atoms with Crippen LogP contribution in [0.2, 0.25) is 0 Å². The molecule has 1 N–H and O–H groups in total. The third-order valence-corrected chi connectivity index (χ3v) is 3.84. The Bertz CT molecular complexity index is 482. The molecule has 1 aliphatic rings. The monoisotopic (exact) mass is 274 g/mol. The number of fused-ring (bicyclic) bond motifs is 1. The van der Waals surface area contributed by atoms with Gasteiger partial charge in [0.05, 0.1) is 0 Å². The highest BCUT2D eigenvalue weighted by Gasteiger charge is 2.63. The van der Waals surface area contributed by atoms with Crippen LogP contribution in [-0.2, 0) is 10.2 Å². The molecular weight excluding hydrogens is 257 g/mol. The van der Waals surface area contributed by atoms with Gasteiger partial charge in [-0.25, -0.2) is 0 Å². The van der Waals surface area contributed by atoms with Gasteiger partial charge in [0, 0.05) is 7.11 Å². The van der Waals surface area contributed by atoms with Gasteiger partial charge in [-0.05, 0) is 23.0 Å². The minimum atomic E-state index is -4.74. The topological polar surface area (TPSA) is 29.5 Å². The van der Waals surface area contributed by atoms with E-state index in [2.05, 4.69) is 0 Å². The lowest BCUT2D eigenvalue weighted by Crippen LogP contribution is -2.56. The van der Waals surface area contributed by atoms with Gasteiger partial charge < -0.3 is 9.84 Å². The third kappa shape index (κ3) is 2.05. The van der Waals surface area contributed by atoms with E-state index >= 15 is 0 Å². The molecule has 0 saturated carbocycles. The second-order valence-corrected chi connectivity index (χ2v) is 5.69. The quantitative estimate of drug-likeness (QED) is 0.851. The van der Waals surface area contributed by atoms with E-state index in [0.29, 0.717) is 5.56 Å². The first-order valence-corrected chi connectivity index (χ1v) is 6.05. The molecule has 0 radical (unpaired) electrons. The first-order valence-electron chi connectivity index (χ1n) is 6.05. The van der Waals surface area contributed by atoms with E-state index in [9.17, 15) is 18.3 Å². The Balaban J connectivity index is 2.66. The van der Waals surface area contributed by atoms with E-state index in [-0.39, 0.29) is 0 Å². The lowest BCUT2D eigenvalue weighted by atomic mass is 9.64. The van der Waals surface area contributed by atoms with Crippen LogP contribution in [0.5, 0.6) is 0 Å². The Kier molecular flexibility index (Phi) is 3.18. The summed E-state index contributed by atoms with van der Waals surface area (Å²) in [7, 11) is 1.19. The van der Waals surface area contributed by atoms with Crippen molar-refractivity contribution in [1.82, 2.24) is 0 Å². The number of hydrogen-bond donors (Lipinski definition) is 1. The molecule has 2 atom stereocenters. The summed E-state index contributed by atoms with van der Waals surface area (Å²) >= 11 is 0. The molecule has 0 saturated heterocycles. The summed E-state index contributed by atoms with van der Waals surface area (Å²) in [6, 6.07) is 6.81. The third-order valence-electron chi connectivity index (χ3n) is 3.84. The van der Waals surface area contributed by atoms with Crippen LogP contribution >= 0.6 is 0 Å². The van der Waals surface area contributed by atoms with Gasteiger partial charge in [-0.3, -0.25) is 0 Å². The molecule has 2 unspecified atom stereocenters. The number of benzene rings is 1. The molecule has 0 aliphatic heterocycles. The number of methoxy groups -OCH3 is 1. The van der Waals surface area contributed by atoms with Crippen LogP contribution in [0.4, 0.5) is 13.2 Å². The molecule has 0 heterocycles. The minimum Gasteiger partial charge on any atom is -0.378 e. The number of halogens is 3. The highest BCUT2D eigenvalue weighted by Crippen LogP contribution is 2.54. The maximum atomic E-state index is 13.3. The summed E-state index contributed by atoms with van der Waals surface area (Å²) in [5.41, 5.74) is -2.44. The highest BCUT2D eigenvalue weighted by atomic mass is 19.4. The Morgan fingerprint density at radius 2 is 1.84 bits per heavy atom. The largest absolute Gasteiger partial charge is 0.420 e. The Labute approximate surface area is 110 Å². The molecule has 0 spiro atoms. The zero-order valence-corrected chi connectivity index (χ0v) is 11.1. The van der Waals surface area contributed by atoms with Crippen molar-refractivity contribution in [3.8, 4) is 0 Å². The maximum absolute atomic E-state index is 13.3. The van der Waals surface area contributed by atoms with Crippen LogP contribution in [-0.4, -0.2) is 24.0 Å². The van der Waals surface area contributed by atoms with Crippen LogP contribution in [0.15, 0.2) is 24.3 Å². The van der Waals surface area contributed by atoms with E-state index < -0.39 is 29.7 Å². The number of rotatable bonds is 1. The Morgan fingerprint density at radius 1 is 1.26 bits per heavy atom. The summed E-state index contributed by atoms with van der Waals surface area (Å²) in [4.78, 5) is 0. The molecular formula is C14H17F3O2. The van der Waals surface area contributed by atoms with Gasteiger partial charge >= 0.3 is 6.18 Å². The number of alkyl halides is 3. The van der Waals surface area contributed by atoms with Gasteiger partial charge in [0.1, 0.15) is 6.10 Å². The van der Waals surface area contributed by atoms with Crippen molar-refractivity contribution in [3.05, 3.63) is 35.4 Å². The Morgan fingerprint density at radius 3 is 2.37 bits per heavy atom. The summed E-state index contributed by atoms with van der Waals surface area (Å²) in [6.45, 7) is 3.41. The standard InChI is InChI=1S/C14H17F3O2/c1-12(2)8-13(18,14(15,16)17)11(19-3)9-6-4-5-7-10(9)12/h4-7,11,18H,8H2,1-3H3. The molecule has 0 aromatic heterocycles.